The number of aromatic nitrogens is 1. The highest BCUT2D eigenvalue weighted by molar-refractivity contribution is 6.26. The van der Waals surface area contributed by atoms with E-state index in [9.17, 15) is 0 Å². The lowest BCUT2D eigenvalue weighted by Crippen LogP contribution is -2.10. The first-order chi connectivity index (χ1) is 37.2. The van der Waals surface area contributed by atoms with E-state index in [4.69, 9.17) is 4.42 Å². The van der Waals surface area contributed by atoms with Crippen LogP contribution in [0, 0.1) is 0 Å². The van der Waals surface area contributed by atoms with Gasteiger partial charge in [-0.2, -0.15) is 0 Å². The normalized spacial score (nSPS) is 11.7. The molecule has 15 rings (SSSR count). The van der Waals surface area contributed by atoms with Crippen molar-refractivity contribution in [2.45, 2.75) is 0 Å². The Balaban J connectivity index is 0.841. The van der Waals surface area contributed by atoms with Crippen LogP contribution in [0.1, 0.15) is 0 Å². The van der Waals surface area contributed by atoms with Gasteiger partial charge in [-0.3, -0.25) is 0 Å². The van der Waals surface area contributed by atoms with E-state index in [0.29, 0.717) is 0 Å². The molecule has 0 aliphatic heterocycles. The van der Waals surface area contributed by atoms with Crippen molar-refractivity contribution in [2.75, 3.05) is 4.90 Å². The highest BCUT2D eigenvalue weighted by Crippen LogP contribution is 2.45. The molecule has 0 aliphatic carbocycles. The van der Waals surface area contributed by atoms with E-state index in [1.165, 1.54) is 65.3 Å². The minimum Gasteiger partial charge on any atom is -0.455 e. The van der Waals surface area contributed by atoms with Crippen molar-refractivity contribution >= 4 is 93.1 Å². The zero-order valence-corrected chi connectivity index (χ0v) is 40.9. The van der Waals surface area contributed by atoms with Crippen molar-refractivity contribution in [3.63, 3.8) is 0 Å². The Morgan fingerprint density at radius 2 is 0.720 bits per heavy atom. The summed E-state index contributed by atoms with van der Waals surface area (Å²) in [6.45, 7) is 0. The molecular formula is C72H46N2O. The van der Waals surface area contributed by atoms with Crippen LogP contribution in [0.5, 0.6) is 0 Å². The molecule has 0 amide bonds. The average Bonchev–Trinajstić information content (AvgIpc) is 4.04. The van der Waals surface area contributed by atoms with Gasteiger partial charge in [-0.15, -0.1) is 0 Å². The third kappa shape index (κ3) is 6.97. The number of fused-ring (bicyclic) bond motifs is 12. The van der Waals surface area contributed by atoms with E-state index in [1.54, 1.807) is 0 Å². The first-order valence-corrected chi connectivity index (χ1v) is 25.7. The molecule has 0 fully saturated rings. The van der Waals surface area contributed by atoms with Crippen LogP contribution in [-0.2, 0) is 0 Å². The molecule has 0 aliphatic rings. The van der Waals surface area contributed by atoms with Crippen LogP contribution in [0.25, 0.3) is 126 Å². The Morgan fingerprint density at radius 3 is 1.40 bits per heavy atom. The van der Waals surface area contributed by atoms with Gasteiger partial charge in [-0.05, 0) is 132 Å². The van der Waals surface area contributed by atoms with Gasteiger partial charge < -0.3 is 13.9 Å². The molecule has 75 heavy (non-hydrogen) atoms. The topological polar surface area (TPSA) is 21.3 Å². The second kappa shape index (κ2) is 17.4. The number of para-hydroxylation sites is 5. The molecule has 3 heteroatoms. The maximum atomic E-state index is 6.56. The Hall–Kier alpha value is -9.96. The summed E-state index contributed by atoms with van der Waals surface area (Å²) in [5.41, 5.74) is 17.8. The molecule has 0 N–H and O–H groups in total. The van der Waals surface area contributed by atoms with Crippen molar-refractivity contribution in [2.24, 2.45) is 0 Å². The number of hydrogen-bond acceptors (Lipinski definition) is 2. The van der Waals surface area contributed by atoms with Crippen LogP contribution >= 0.6 is 0 Å². The van der Waals surface area contributed by atoms with Crippen molar-refractivity contribution in [3.8, 4) is 50.2 Å². The molecule has 0 bridgehead atoms. The molecule has 0 saturated heterocycles. The molecule has 350 valence electrons. The SMILES string of the molecule is c1cc(-c2ccc(N(c3ccc(-c4ccccc4-c4cccc5c4oc4ccccc45)cc3)c3ccc4c5ccccc5c5ccccc5c4c3)cc2)cc(-c2ccccc2-n2c3ccccc3c3ccccc32)c1. The number of rotatable bonds is 8. The van der Waals surface area contributed by atoms with Gasteiger partial charge in [0.25, 0.3) is 0 Å². The van der Waals surface area contributed by atoms with Gasteiger partial charge in [0, 0.05) is 49.7 Å². The average molecular weight is 955 g/mol. The summed E-state index contributed by atoms with van der Waals surface area (Å²) in [4.78, 5) is 2.40. The van der Waals surface area contributed by atoms with E-state index < -0.39 is 0 Å². The Bertz CT molecular complexity index is 4620. The van der Waals surface area contributed by atoms with Crippen molar-refractivity contribution < 1.29 is 4.42 Å². The molecule has 13 aromatic carbocycles. The maximum absolute atomic E-state index is 6.56. The Labute approximate surface area is 434 Å². The van der Waals surface area contributed by atoms with E-state index in [2.05, 4.69) is 282 Å². The van der Waals surface area contributed by atoms with E-state index in [-0.39, 0.29) is 0 Å². The zero-order chi connectivity index (χ0) is 49.4. The lowest BCUT2D eigenvalue weighted by atomic mass is 9.93. The quantitative estimate of drug-likeness (QED) is 0.142. The predicted molar refractivity (Wildman–Crippen MR) is 317 cm³/mol. The largest absolute Gasteiger partial charge is 0.455 e. The molecular weight excluding hydrogens is 909 g/mol. The van der Waals surface area contributed by atoms with Crippen molar-refractivity contribution in [1.29, 1.82) is 0 Å². The van der Waals surface area contributed by atoms with Crippen molar-refractivity contribution in [3.05, 3.63) is 279 Å². The lowest BCUT2D eigenvalue weighted by molar-refractivity contribution is 0.670. The first kappa shape index (κ1) is 42.7. The van der Waals surface area contributed by atoms with E-state index in [0.717, 1.165) is 78.1 Å². The van der Waals surface area contributed by atoms with Crippen LogP contribution in [-0.4, -0.2) is 4.57 Å². The third-order valence-electron chi connectivity index (χ3n) is 15.4. The first-order valence-electron chi connectivity index (χ1n) is 25.7. The van der Waals surface area contributed by atoms with E-state index >= 15 is 0 Å². The summed E-state index contributed by atoms with van der Waals surface area (Å²) >= 11 is 0. The summed E-state index contributed by atoms with van der Waals surface area (Å²) in [6.07, 6.45) is 0. The molecule has 15 aromatic rings. The number of benzene rings is 13. The molecule has 3 nitrogen and oxygen atoms in total. The summed E-state index contributed by atoms with van der Waals surface area (Å²) in [5, 5.41) is 12.3. The maximum Gasteiger partial charge on any atom is 0.143 e. The smallest absolute Gasteiger partial charge is 0.143 e. The molecule has 0 unspecified atom stereocenters. The summed E-state index contributed by atoms with van der Waals surface area (Å²) in [5.74, 6) is 0. The number of hydrogen-bond donors (Lipinski definition) is 0. The minimum atomic E-state index is 0.899. The van der Waals surface area contributed by atoms with Gasteiger partial charge in [0.1, 0.15) is 11.2 Å². The monoisotopic (exact) mass is 954 g/mol. The van der Waals surface area contributed by atoms with Gasteiger partial charge in [0.2, 0.25) is 0 Å². The highest BCUT2D eigenvalue weighted by atomic mass is 16.3. The summed E-state index contributed by atoms with van der Waals surface area (Å²) < 4.78 is 8.98. The van der Waals surface area contributed by atoms with Crippen LogP contribution < -0.4 is 4.90 Å². The molecule has 0 spiro atoms. The molecule has 0 radical (unpaired) electrons. The summed E-state index contributed by atoms with van der Waals surface area (Å²) in [7, 11) is 0. The second-order valence-corrected chi connectivity index (χ2v) is 19.5. The van der Waals surface area contributed by atoms with Gasteiger partial charge in [-0.1, -0.05) is 212 Å². The Kier molecular flexibility index (Phi) is 9.89. The number of furan rings is 1. The molecule has 0 saturated carbocycles. The van der Waals surface area contributed by atoms with Crippen LogP contribution in [0.2, 0.25) is 0 Å². The standard InChI is InChI=1S/C72H46N2O/c1-2-21-56(65-29-16-30-66-64-28-10-14-34-71(64)75-72(65)66)54(19-1)48-37-41-52(42-38-48)73(53-43-44-61-59-24-4-3-22-57(59)58-23-5-6-25-60(58)67(61)46-53)51-39-35-47(36-40-51)49-17-15-18-50(45-49)55-20-7-11-31-68(55)74-69-32-12-8-26-62(69)63-27-9-13-33-70(63)74/h1-46H. The molecule has 0 atom stereocenters. The molecule has 2 aromatic heterocycles. The summed E-state index contributed by atoms with van der Waals surface area (Å²) in [6, 6.07) is 101. The van der Waals surface area contributed by atoms with E-state index in [1.807, 2.05) is 6.07 Å². The number of anilines is 3. The lowest BCUT2D eigenvalue weighted by Gasteiger charge is -2.27. The zero-order valence-electron chi connectivity index (χ0n) is 40.9. The fraction of sp³-hybridized carbons (Fsp3) is 0. The van der Waals surface area contributed by atoms with Gasteiger partial charge >= 0.3 is 0 Å². The van der Waals surface area contributed by atoms with Gasteiger partial charge in [0.05, 0.1) is 16.7 Å². The Morgan fingerprint density at radius 1 is 0.253 bits per heavy atom. The fourth-order valence-corrected chi connectivity index (χ4v) is 12.0. The van der Waals surface area contributed by atoms with Crippen LogP contribution in [0.15, 0.2) is 283 Å². The van der Waals surface area contributed by atoms with Crippen molar-refractivity contribution in [1.82, 2.24) is 4.57 Å². The van der Waals surface area contributed by atoms with Gasteiger partial charge in [0.15, 0.2) is 0 Å². The second-order valence-electron chi connectivity index (χ2n) is 19.5. The molecule has 2 heterocycles. The van der Waals surface area contributed by atoms with Gasteiger partial charge in [-0.25, -0.2) is 0 Å². The van der Waals surface area contributed by atoms with Crippen LogP contribution in [0.3, 0.4) is 0 Å². The number of nitrogens with zero attached hydrogens (tertiary/aromatic N) is 2. The fourth-order valence-electron chi connectivity index (χ4n) is 12.0. The van der Waals surface area contributed by atoms with Crippen LogP contribution in [0.4, 0.5) is 17.1 Å². The highest BCUT2D eigenvalue weighted by Gasteiger charge is 2.20. The third-order valence-corrected chi connectivity index (χ3v) is 15.4. The predicted octanol–water partition coefficient (Wildman–Crippen LogP) is 20.3. The minimum absolute atomic E-state index is 0.899.